The fourth-order valence-corrected chi connectivity index (χ4v) is 5.25. The number of imidazole rings is 1. The maximum atomic E-state index is 16.7. The second-order valence-corrected chi connectivity index (χ2v) is 9.12. The zero-order valence-electron chi connectivity index (χ0n) is 18.6. The summed E-state index contributed by atoms with van der Waals surface area (Å²) in [5.74, 6) is -3.02. The van der Waals surface area contributed by atoms with Gasteiger partial charge in [0.2, 0.25) is 23.1 Å². The molecule has 1 aliphatic heterocycles. The Morgan fingerprint density at radius 3 is 2.71 bits per heavy atom. The average molecular weight is 509 g/mol. The van der Waals surface area contributed by atoms with E-state index in [9.17, 15) is 9.67 Å². The van der Waals surface area contributed by atoms with E-state index in [1.165, 1.54) is 19.1 Å². The van der Waals surface area contributed by atoms with Crippen molar-refractivity contribution < 1.29 is 37.0 Å². The van der Waals surface area contributed by atoms with Gasteiger partial charge in [0.05, 0.1) is 12.9 Å². The Kier molecular flexibility index (Phi) is 5.37. The SMILES string of the molecule is C=C(C)[C@]1(F)[C@H](n2cnc3c(OCC)nc(N)nc32)O[C@]2(F)C(O[PH](=O)Oc3ccccc3)[C@@]21O. The second-order valence-electron chi connectivity index (χ2n) is 8.18. The Bertz CT molecular complexity index is 1340. The zero-order valence-corrected chi connectivity index (χ0v) is 19.6. The van der Waals surface area contributed by atoms with Gasteiger partial charge in [-0.05, 0) is 31.6 Å². The lowest BCUT2D eigenvalue weighted by Gasteiger charge is -2.33. The van der Waals surface area contributed by atoms with E-state index in [1.54, 1.807) is 25.1 Å². The van der Waals surface area contributed by atoms with Crippen LogP contribution in [-0.4, -0.2) is 54.5 Å². The number of hydrogen-bond donors (Lipinski definition) is 2. The average Bonchev–Trinajstić information content (AvgIpc) is 3.07. The first-order valence-corrected chi connectivity index (χ1v) is 11.8. The molecule has 186 valence electrons. The summed E-state index contributed by atoms with van der Waals surface area (Å²) in [5, 5.41) is 11.2. The van der Waals surface area contributed by atoms with Crippen LogP contribution in [0, 0.1) is 0 Å². The first kappa shape index (κ1) is 23.6. The lowest BCUT2D eigenvalue weighted by Crippen LogP contribution is -2.48. The molecule has 2 aliphatic rings. The molecule has 2 aromatic heterocycles. The Labute approximate surface area is 198 Å². The van der Waals surface area contributed by atoms with E-state index >= 15 is 8.78 Å². The number of nitrogen functional groups attached to an aromatic ring is 1. The van der Waals surface area contributed by atoms with E-state index in [-0.39, 0.29) is 40.9 Å². The fraction of sp³-hybridized carbons (Fsp3) is 0.381. The van der Waals surface area contributed by atoms with E-state index < -0.39 is 37.7 Å². The molecule has 1 aromatic carbocycles. The maximum absolute atomic E-state index is 16.7. The van der Waals surface area contributed by atoms with Crippen molar-refractivity contribution in [3.63, 3.8) is 0 Å². The molecule has 11 nitrogen and oxygen atoms in total. The van der Waals surface area contributed by atoms with E-state index in [2.05, 4.69) is 21.5 Å². The van der Waals surface area contributed by atoms with Gasteiger partial charge in [0.25, 0.3) is 5.85 Å². The molecule has 0 amide bonds. The molecular weight excluding hydrogens is 487 g/mol. The minimum absolute atomic E-state index is 0.0128. The predicted molar refractivity (Wildman–Crippen MR) is 119 cm³/mol. The molecule has 2 unspecified atom stereocenters. The minimum Gasteiger partial charge on any atom is -0.476 e. The standard InChI is InChI=1S/C21H22F2N5O6P/c1-4-31-15-13-14(26-18(24)27-15)28(10-25-13)17-19(22,11(2)3)20(29)16(21(20,23)32-17)34-35(30)33-12-8-6-5-7-9-12/h5-10,16-17,29,35H,2,4H2,1,3H3,(H2,24,26,27)/t16?,17-,19+,20+,21-/m1/s1. The lowest BCUT2D eigenvalue weighted by molar-refractivity contribution is -0.151. The molecule has 35 heavy (non-hydrogen) atoms. The summed E-state index contributed by atoms with van der Waals surface area (Å²) in [6, 6.07) is 7.99. The van der Waals surface area contributed by atoms with E-state index in [4.69, 9.17) is 24.3 Å². The molecule has 5 rings (SSSR count). The number of alkyl halides is 2. The summed E-state index contributed by atoms with van der Waals surface area (Å²) in [4.78, 5) is 12.1. The highest BCUT2D eigenvalue weighted by Crippen LogP contribution is 2.73. The quantitative estimate of drug-likeness (QED) is 0.344. The summed E-state index contributed by atoms with van der Waals surface area (Å²) < 4.78 is 67.0. The minimum atomic E-state index is -3.39. The van der Waals surface area contributed by atoms with Crippen LogP contribution in [-0.2, 0) is 13.8 Å². The number of aliphatic hydroxyl groups is 1. The van der Waals surface area contributed by atoms with Crippen LogP contribution in [0.1, 0.15) is 20.1 Å². The first-order valence-electron chi connectivity index (χ1n) is 10.6. The molecule has 2 fully saturated rings. The van der Waals surface area contributed by atoms with Gasteiger partial charge in [-0.25, -0.2) is 18.3 Å². The summed E-state index contributed by atoms with van der Waals surface area (Å²) in [6.45, 7) is 6.82. The van der Waals surface area contributed by atoms with E-state index in [0.717, 1.165) is 10.9 Å². The van der Waals surface area contributed by atoms with Crippen molar-refractivity contribution in [2.24, 2.45) is 0 Å². The number of fused-ring (bicyclic) bond motifs is 2. The number of rotatable bonds is 8. The van der Waals surface area contributed by atoms with Gasteiger partial charge in [-0.2, -0.15) is 9.97 Å². The summed E-state index contributed by atoms with van der Waals surface area (Å²) in [7, 11) is -3.39. The van der Waals surface area contributed by atoms with Crippen LogP contribution < -0.4 is 15.0 Å². The van der Waals surface area contributed by atoms with Crippen molar-refractivity contribution >= 4 is 25.4 Å². The number of nitrogens with two attached hydrogens (primary N) is 1. The van der Waals surface area contributed by atoms with Crippen LogP contribution >= 0.6 is 8.25 Å². The van der Waals surface area contributed by atoms with Gasteiger partial charge in [0, 0.05) is 0 Å². The van der Waals surface area contributed by atoms with Crippen molar-refractivity contribution in [1.29, 1.82) is 0 Å². The van der Waals surface area contributed by atoms with Gasteiger partial charge >= 0.3 is 8.25 Å². The number of para-hydroxylation sites is 1. The monoisotopic (exact) mass is 509 g/mol. The third kappa shape index (κ3) is 3.19. The topological polar surface area (TPSA) is 144 Å². The van der Waals surface area contributed by atoms with Crippen molar-refractivity contribution in [3.8, 4) is 11.6 Å². The number of aromatic nitrogens is 4. The van der Waals surface area contributed by atoms with E-state index in [1.807, 2.05) is 0 Å². The van der Waals surface area contributed by atoms with E-state index in [0.29, 0.717) is 0 Å². The number of halogens is 2. The van der Waals surface area contributed by atoms with Crippen LogP contribution in [0.15, 0.2) is 48.8 Å². The highest BCUT2D eigenvalue weighted by molar-refractivity contribution is 7.33. The van der Waals surface area contributed by atoms with Crippen molar-refractivity contribution in [2.75, 3.05) is 12.3 Å². The van der Waals surface area contributed by atoms with Crippen LogP contribution in [0.3, 0.4) is 0 Å². The van der Waals surface area contributed by atoms with Crippen LogP contribution in [0.2, 0.25) is 0 Å². The normalized spacial score (nSPS) is 32.3. The zero-order chi connectivity index (χ0) is 25.2. The molecular formula is C21H22F2N5O6P. The van der Waals surface area contributed by atoms with Gasteiger partial charge in [0.15, 0.2) is 23.5 Å². The van der Waals surface area contributed by atoms with Crippen LogP contribution in [0.5, 0.6) is 11.6 Å². The van der Waals surface area contributed by atoms with Gasteiger partial charge in [-0.1, -0.05) is 24.8 Å². The lowest BCUT2D eigenvalue weighted by atomic mass is 9.88. The van der Waals surface area contributed by atoms with Gasteiger partial charge in [-0.3, -0.25) is 9.09 Å². The molecule has 3 aromatic rings. The molecule has 1 saturated heterocycles. The smallest absolute Gasteiger partial charge is 0.368 e. The molecule has 6 atom stereocenters. The van der Waals surface area contributed by atoms with Gasteiger partial charge in [-0.15, -0.1) is 0 Å². The largest absolute Gasteiger partial charge is 0.476 e. The van der Waals surface area contributed by atoms with Gasteiger partial charge in [0.1, 0.15) is 5.75 Å². The fourth-order valence-electron chi connectivity index (χ4n) is 4.36. The van der Waals surface area contributed by atoms with Crippen molar-refractivity contribution in [2.45, 2.75) is 43.3 Å². The molecule has 0 radical (unpaired) electrons. The Hall–Kier alpha value is -3.12. The molecule has 1 saturated carbocycles. The highest BCUT2D eigenvalue weighted by atomic mass is 31.1. The number of hydrogen-bond acceptors (Lipinski definition) is 10. The Morgan fingerprint density at radius 2 is 2.06 bits per heavy atom. The maximum Gasteiger partial charge on any atom is 0.368 e. The number of nitrogens with zero attached hydrogens (tertiary/aromatic N) is 4. The van der Waals surface area contributed by atoms with Gasteiger partial charge < -0.3 is 24.8 Å². The third-order valence-electron chi connectivity index (χ3n) is 6.05. The summed E-state index contributed by atoms with van der Waals surface area (Å²) in [5.41, 5.74) is -0.226. The Balaban J connectivity index is 1.49. The van der Waals surface area contributed by atoms with Crippen LogP contribution in [0.4, 0.5) is 14.7 Å². The number of anilines is 1. The number of ether oxygens (including phenoxy) is 2. The molecule has 3 heterocycles. The predicted octanol–water partition coefficient (Wildman–Crippen LogP) is 2.88. The molecule has 0 spiro atoms. The van der Waals surface area contributed by atoms with Crippen LogP contribution in [0.25, 0.3) is 11.2 Å². The molecule has 1 aliphatic carbocycles. The molecule has 0 bridgehead atoms. The molecule has 14 heteroatoms. The third-order valence-corrected chi connectivity index (χ3v) is 6.88. The summed E-state index contributed by atoms with van der Waals surface area (Å²) in [6.07, 6.45) is -2.62. The summed E-state index contributed by atoms with van der Waals surface area (Å²) >= 11 is 0. The van der Waals surface area contributed by atoms with Crippen molar-refractivity contribution in [3.05, 3.63) is 48.8 Å². The molecule has 3 N–H and O–H groups in total. The Morgan fingerprint density at radius 1 is 1.34 bits per heavy atom. The first-order chi connectivity index (χ1) is 16.6. The number of benzene rings is 1. The van der Waals surface area contributed by atoms with Crippen molar-refractivity contribution in [1.82, 2.24) is 19.5 Å². The second kappa shape index (κ2) is 7.95. The highest BCUT2D eigenvalue weighted by Gasteiger charge is 2.97.